The zero-order valence-corrected chi connectivity index (χ0v) is 15.9. The molecule has 0 radical (unpaired) electrons. The number of rotatable bonds is 8. The van der Waals surface area contributed by atoms with E-state index in [-0.39, 0.29) is 11.7 Å². The molecule has 1 aromatic carbocycles. The summed E-state index contributed by atoms with van der Waals surface area (Å²) in [6.45, 7) is 1.78. The summed E-state index contributed by atoms with van der Waals surface area (Å²) in [6.07, 6.45) is 6.90. The van der Waals surface area contributed by atoms with Gasteiger partial charge >= 0.3 is 0 Å². The van der Waals surface area contributed by atoms with Crippen LogP contribution in [0.25, 0.3) is 0 Å². The first-order valence-corrected chi connectivity index (χ1v) is 10.4. The molecule has 5 heteroatoms. The van der Waals surface area contributed by atoms with E-state index in [1.165, 1.54) is 36.3 Å². The van der Waals surface area contributed by atoms with Gasteiger partial charge in [0.25, 0.3) is 0 Å². The first-order chi connectivity index (χ1) is 12.7. The van der Waals surface area contributed by atoms with Gasteiger partial charge < -0.3 is 5.32 Å². The van der Waals surface area contributed by atoms with E-state index in [2.05, 4.69) is 21.7 Å². The van der Waals surface area contributed by atoms with E-state index in [4.69, 9.17) is 0 Å². The fourth-order valence-corrected chi connectivity index (χ4v) is 4.31. The van der Waals surface area contributed by atoms with E-state index in [0.29, 0.717) is 25.7 Å². The minimum atomic E-state index is -0.218. The molecule has 1 heterocycles. The monoisotopic (exact) mass is 374 g/mol. The third kappa shape index (κ3) is 5.92. The van der Waals surface area contributed by atoms with Gasteiger partial charge in [0.05, 0.1) is 6.54 Å². The molecule has 3 rings (SSSR count). The number of hydrogen-bond donors (Lipinski definition) is 1. The second kappa shape index (κ2) is 9.83. The maximum absolute atomic E-state index is 13.2. The molecule has 1 aliphatic rings. The Morgan fingerprint density at radius 1 is 1.15 bits per heavy atom. The molecule has 2 aromatic rings. The van der Waals surface area contributed by atoms with E-state index in [1.54, 1.807) is 11.3 Å². The number of amides is 1. The van der Waals surface area contributed by atoms with Gasteiger partial charge in [-0.2, -0.15) is 0 Å². The van der Waals surface area contributed by atoms with Crippen LogP contribution in [0.3, 0.4) is 0 Å². The van der Waals surface area contributed by atoms with Crippen molar-refractivity contribution in [3.05, 3.63) is 58.0 Å². The third-order valence-corrected chi connectivity index (χ3v) is 5.95. The van der Waals surface area contributed by atoms with Crippen LogP contribution >= 0.6 is 11.3 Å². The number of benzene rings is 1. The van der Waals surface area contributed by atoms with E-state index in [1.807, 2.05) is 18.2 Å². The molecule has 1 fully saturated rings. The van der Waals surface area contributed by atoms with Crippen LogP contribution < -0.4 is 5.32 Å². The highest BCUT2D eigenvalue weighted by Crippen LogP contribution is 2.24. The lowest BCUT2D eigenvalue weighted by atomic mass is 9.93. The van der Waals surface area contributed by atoms with Gasteiger partial charge in [-0.3, -0.25) is 9.69 Å². The molecule has 1 saturated carbocycles. The Kier molecular flexibility index (Phi) is 7.21. The Labute approximate surface area is 159 Å². The highest BCUT2D eigenvalue weighted by atomic mass is 32.1. The maximum Gasteiger partial charge on any atom is 0.234 e. The van der Waals surface area contributed by atoms with Crippen molar-refractivity contribution in [2.45, 2.75) is 51.1 Å². The normalized spacial score (nSPS) is 15.3. The van der Waals surface area contributed by atoms with Crippen LogP contribution in [0.5, 0.6) is 0 Å². The molecule has 1 aromatic heterocycles. The maximum atomic E-state index is 13.2. The molecule has 0 unspecified atom stereocenters. The van der Waals surface area contributed by atoms with Gasteiger partial charge in [0.1, 0.15) is 5.82 Å². The first kappa shape index (κ1) is 19.1. The van der Waals surface area contributed by atoms with E-state index in [0.717, 1.165) is 24.8 Å². The van der Waals surface area contributed by atoms with Crippen LogP contribution in [-0.4, -0.2) is 29.9 Å². The van der Waals surface area contributed by atoms with Crippen molar-refractivity contribution in [3.63, 3.8) is 0 Å². The van der Waals surface area contributed by atoms with Crippen LogP contribution in [0.15, 0.2) is 41.8 Å². The van der Waals surface area contributed by atoms with Crippen molar-refractivity contribution in [1.29, 1.82) is 0 Å². The molecule has 0 aliphatic heterocycles. The molecule has 1 N–H and O–H groups in total. The molecule has 1 amide bonds. The highest BCUT2D eigenvalue weighted by Gasteiger charge is 2.23. The van der Waals surface area contributed by atoms with Crippen molar-refractivity contribution in [1.82, 2.24) is 10.2 Å². The van der Waals surface area contributed by atoms with Gasteiger partial charge in [-0.05, 0) is 48.4 Å². The van der Waals surface area contributed by atoms with Crippen molar-refractivity contribution in [3.8, 4) is 0 Å². The summed E-state index contributed by atoms with van der Waals surface area (Å²) in [7, 11) is 0. The Bertz CT molecular complexity index is 666. The minimum Gasteiger partial charge on any atom is -0.355 e. The number of carbonyl (C=O) groups is 1. The molecule has 0 saturated heterocycles. The number of carbonyl (C=O) groups excluding carboxylic acids is 1. The fourth-order valence-electron chi connectivity index (χ4n) is 3.60. The fraction of sp³-hybridized carbons (Fsp3) is 0.476. The average Bonchev–Trinajstić information content (AvgIpc) is 3.17. The Morgan fingerprint density at radius 3 is 2.62 bits per heavy atom. The van der Waals surface area contributed by atoms with Crippen LogP contribution in [0.2, 0.25) is 0 Å². The molecule has 1 aliphatic carbocycles. The summed E-state index contributed by atoms with van der Waals surface area (Å²) < 4.78 is 13.2. The average molecular weight is 375 g/mol. The summed E-state index contributed by atoms with van der Waals surface area (Å²) in [5, 5.41) is 5.11. The van der Waals surface area contributed by atoms with Crippen molar-refractivity contribution >= 4 is 17.2 Å². The molecule has 140 valence electrons. The van der Waals surface area contributed by atoms with Crippen LogP contribution in [0.4, 0.5) is 4.39 Å². The molecule has 0 atom stereocenters. The smallest absolute Gasteiger partial charge is 0.234 e. The zero-order valence-electron chi connectivity index (χ0n) is 15.1. The van der Waals surface area contributed by atoms with E-state index < -0.39 is 0 Å². The number of thiophene rings is 1. The summed E-state index contributed by atoms with van der Waals surface area (Å²) in [5.41, 5.74) is 1.06. The van der Waals surface area contributed by atoms with Crippen LogP contribution in [-0.2, 0) is 17.8 Å². The Balaban J connectivity index is 1.55. The summed E-state index contributed by atoms with van der Waals surface area (Å²) in [5.74, 6) is -0.140. The Hall–Kier alpha value is -1.72. The zero-order chi connectivity index (χ0) is 18.2. The molecule has 0 bridgehead atoms. The molecule has 26 heavy (non-hydrogen) atoms. The van der Waals surface area contributed by atoms with Crippen molar-refractivity contribution in [2.75, 3.05) is 13.1 Å². The largest absolute Gasteiger partial charge is 0.355 e. The quantitative estimate of drug-likeness (QED) is 0.744. The lowest BCUT2D eigenvalue weighted by Crippen LogP contribution is -2.43. The van der Waals surface area contributed by atoms with Gasteiger partial charge in [0, 0.05) is 24.0 Å². The number of nitrogens with one attached hydrogen (secondary N) is 1. The predicted octanol–water partition coefficient (Wildman–Crippen LogP) is 4.38. The number of halogens is 1. The first-order valence-electron chi connectivity index (χ1n) is 9.48. The topological polar surface area (TPSA) is 32.3 Å². The standard InChI is InChI=1S/C21H27FN2OS/c22-18-10-8-17(9-11-18)15-24(19-5-2-1-3-6-19)16-21(25)23-13-12-20-7-4-14-26-20/h4,7-11,14,19H,1-3,5-6,12-13,15-16H2,(H,23,25). The molecular weight excluding hydrogens is 347 g/mol. The predicted molar refractivity (Wildman–Crippen MR) is 105 cm³/mol. The highest BCUT2D eigenvalue weighted by molar-refractivity contribution is 7.09. The second-order valence-electron chi connectivity index (χ2n) is 7.00. The summed E-state index contributed by atoms with van der Waals surface area (Å²) in [6, 6.07) is 11.2. The van der Waals surface area contributed by atoms with Gasteiger partial charge in [-0.1, -0.05) is 37.5 Å². The van der Waals surface area contributed by atoms with Gasteiger partial charge in [-0.25, -0.2) is 4.39 Å². The van der Waals surface area contributed by atoms with Gasteiger partial charge in [0.15, 0.2) is 0 Å². The van der Waals surface area contributed by atoms with Gasteiger partial charge in [0.2, 0.25) is 5.91 Å². The summed E-state index contributed by atoms with van der Waals surface area (Å²) >= 11 is 1.72. The molecular formula is C21H27FN2OS. The lowest BCUT2D eigenvalue weighted by molar-refractivity contribution is -0.123. The Morgan fingerprint density at radius 2 is 1.92 bits per heavy atom. The van der Waals surface area contributed by atoms with Crippen molar-refractivity contribution in [2.24, 2.45) is 0 Å². The SMILES string of the molecule is O=C(CN(Cc1ccc(F)cc1)C1CCCCC1)NCCc1cccs1. The lowest BCUT2D eigenvalue weighted by Gasteiger charge is -2.34. The van der Waals surface area contributed by atoms with Crippen molar-refractivity contribution < 1.29 is 9.18 Å². The molecule has 0 spiro atoms. The minimum absolute atomic E-state index is 0.0780. The van der Waals surface area contributed by atoms with Crippen LogP contribution in [0.1, 0.15) is 42.5 Å². The third-order valence-electron chi connectivity index (χ3n) is 5.01. The number of nitrogens with zero attached hydrogens (tertiary/aromatic N) is 1. The van der Waals surface area contributed by atoms with E-state index >= 15 is 0 Å². The van der Waals surface area contributed by atoms with Crippen LogP contribution in [0, 0.1) is 5.82 Å². The van der Waals surface area contributed by atoms with E-state index in [9.17, 15) is 9.18 Å². The number of hydrogen-bond acceptors (Lipinski definition) is 3. The van der Waals surface area contributed by atoms with Gasteiger partial charge in [-0.15, -0.1) is 11.3 Å². The molecule has 3 nitrogen and oxygen atoms in total. The second-order valence-corrected chi connectivity index (χ2v) is 8.03. The summed E-state index contributed by atoms with van der Waals surface area (Å²) in [4.78, 5) is 16.0.